The SMILES string of the molecule is O=C(NCCCO)[C@@H](c1ccccc1)N(Cc1ccc(Cl)cc1)C(=O)Cc1ccc(Cl)cc1. The van der Waals surface area contributed by atoms with Gasteiger partial charge in [0.15, 0.2) is 0 Å². The minimum absolute atomic E-state index is 0.0275. The third kappa shape index (κ3) is 7.32. The van der Waals surface area contributed by atoms with E-state index in [-0.39, 0.29) is 31.4 Å². The van der Waals surface area contributed by atoms with Crippen molar-refractivity contribution in [2.24, 2.45) is 0 Å². The van der Waals surface area contributed by atoms with Crippen molar-refractivity contribution in [3.05, 3.63) is 106 Å². The Morgan fingerprint density at radius 1 is 0.848 bits per heavy atom. The Morgan fingerprint density at radius 3 is 2.00 bits per heavy atom. The Kier molecular flexibility index (Phi) is 9.31. The third-order valence-corrected chi connectivity index (χ3v) is 5.67. The molecule has 0 saturated carbocycles. The Hall–Kier alpha value is -2.86. The molecule has 0 unspecified atom stereocenters. The molecule has 2 N–H and O–H groups in total. The Bertz CT molecular complexity index is 1040. The van der Waals surface area contributed by atoms with Gasteiger partial charge in [0, 0.05) is 29.7 Å². The largest absolute Gasteiger partial charge is 0.396 e. The molecule has 0 aromatic heterocycles. The van der Waals surface area contributed by atoms with Crippen LogP contribution in [-0.4, -0.2) is 35.0 Å². The molecule has 0 fully saturated rings. The van der Waals surface area contributed by atoms with E-state index in [1.807, 2.05) is 42.5 Å². The standard InChI is InChI=1S/C26H26Cl2N2O3/c27-22-11-7-19(8-12-22)17-24(32)30(18-20-9-13-23(28)14-10-20)25(21-5-2-1-3-6-21)26(33)29-15-4-16-31/h1-3,5-14,25,31H,4,15-18H2,(H,29,33)/t25-/m1/s1. The zero-order valence-corrected chi connectivity index (χ0v) is 19.6. The van der Waals surface area contributed by atoms with E-state index >= 15 is 0 Å². The predicted octanol–water partition coefficient (Wildman–Crippen LogP) is 4.80. The molecule has 5 nitrogen and oxygen atoms in total. The first kappa shape index (κ1) is 24.8. The molecule has 2 amide bonds. The van der Waals surface area contributed by atoms with E-state index in [1.165, 1.54) is 0 Å². The number of nitrogens with one attached hydrogen (secondary N) is 1. The van der Waals surface area contributed by atoms with Crippen molar-refractivity contribution in [3.8, 4) is 0 Å². The van der Waals surface area contributed by atoms with E-state index in [1.54, 1.807) is 41.3 Å². The van der Waals surface area contributed by atoms with E-state index in [0.29, 0.717) is 28.6 Å². The lowest BCUT2D eigenvalue weighted by Crippen LogP contribution is -2.44. The zero-order chi connectivity index (χ0) is 23.6. The van der Waals surface area contributed by atoms with Crippen LogP contribution in [0.2, 0.25) is 10.0 Å². The van der Waals surface area contributed by atoms with Gasteiger partial charge < -0.3 is 15.3 Å². The second-order valence-electron chi connectivity index (χ2n) is 7.63. The summed E-state index contributed by atoms with van der Waals surface area (Å²) in [5.74, 6) is -0.494. The minimum Gasteiger partial charge on any atom is -0.396 e. The topological polar surface area (TPSA) is 69.6 Å². The predicted molar refractivity (Wildman–Crippen MR) is 131 cm³/mol. The van der Waals surface area contributed by atoms with Gasteiger partial charge in [0.05, 0.1) is 6.42 Å². The maximum atomic E-state index is 13.6. The van der Waals surface area contributed by atoms with Crippen LogP contribution in [0.25, 0.3) is 0 Å². The summed E-state index contributed by atoms with van der Waals surface area (Å²) in [6.07, 6.45) is 0.557. The lowest BCUT2D eigenvalue weighted by molar-refractivity contribution is -0.141. The van der Waals surface area contributed by atoms with E-state index in [9.17, 15) is 9.59 Å². The molecular formula is C26H26Cl2N2O3. The summed E-state index contributed by atoms with van der Waals surface area (Å²) < 4.78 is 0. The molecular weight excluding hydrogens is 459 g/mol. The number of aliphatic hydroxyl groups excluding tert-OH is 1. The van der Waals surface area contributed by atoms with Gasteiger partial charge in [-0.2, -0.15) is 0 Å². The van der Waals surface area contributed by atoms with Gasteiger partial charge >= 0.3 is 0 Å². The van der Waals surface area contributed by atoms with E-state index < -0.39 is 6.04 Å². The van der Waals surface area contributed by atoms with Crippen LogP contribution in [0, 0.1) is 0 Å². The molecule has 33 heavy (non-hydrogen) atoms. The maximum absolute atomic E-state index is 13.6. The first-order chi connectivity index (χ1) is 16.0. The third-order valence-electron chi connectivity index (χ3n) is 5.16. The number of hydrogen-bond acceptors (Lipinski definition) is 3. The minimum atomic E-state index is -0.833. The van der Waals surface area contributed by atoms with Crippen molar-refractivity contribution >= 4 is 35.0 Å². The van der Waals surface area contributed by atoms with Crippen molar-refractivity contribution in [1.29, 1.82) is 0 Å². The first-order valence-electron chi connectivity index (χ1n) is 10.7. The van der Waals surface area contributed by atoms with Crippen LogP contribution in [0.4, 0.5) is 0 Å². The van der Waals surface area contributed by atoms with Crippen molar-refractivity contribution in [2.45, 2.75) is 25.4 Å². The second kappa shape index (κ2) is 12.4. The van der Waals surface area contributed by atoms with Gasteiger partial charge in [-0.05, 0) is 47.4 Å². The highest BCUT2D eigenvalue weighted by atomic mass is 35.5. The van der Waals surface area contributed by atoms with Crippen molar-refractivity contribution in [1.82, 2.24) is 10.2 Å². The summed E-state index contributed by atoms with van der Waals surface area (Å²) in [5, 5.41) is 13.1. The molecule has 0 aliphatic rings. The Labute approximate surface area is 203 Å². The number of halogens is 2. The molecule has 3 aromatic rings. The number of benzene rings is 3. The van der Waals surface area contributed by atoms with E-state index in [2.05, 4.69) is 5.32 Å². The van der Waals surface area contributed by atoms with Crippen LogP contribution in [0.1, 0.15) is 29.2 Å². The Morgan fingerprint density at radius 2 is 1.42 bits per heavy atom. The van der Waals surface area contributed by atoms with Gasteiger partial charge in [0.1, 0.15) is 6.04 Å². The average Bonchev–Trinajstić information content (AvgIpc) is 2.82. The van der Waals surface area contributed by atoms with Crippen molar-refractivity contribution in [2.75, 3.05) is 13.2 Å². The first-order valence-corrected chi connectivity index (χ1v) is 11.5. The quantitative estimate of drug-likeness (QED) is 0.405. The normalized spacial score (nSPS) is 11.6. The monoisotopic (exact) mass is 484 g/mol. The molecule has 172 valence electrons. The second-order valence-corrected chi connectivity index (χ2v) is 8.51. The van der Waals surface area contributed by atoms with E-state index in [0.717, 1.165) is 11.1 Å². The fraction of sp³-hybridized carbons (Fsp3) is 0.231. The molecule has 0 heterocycles. The molecule has 0 spiro atoms. The summed E-state index contributed by atoms with van der Waals surface area (Å²) in [5.41, 5.74) is 2.36. The number of nitrogens with zero attached hydrogens (tertiary/aromatic N) is 1. The Balaban J connectivity index is 1.96. The summed E-state index contributed by atoms with van der Waals surface area (Å²) in [6.45, 7) is 0.523. The number of carbonyl (C=O) groups excluding carboxylic acids is 2. The summed E-state index contributed by atoms with van der Waals surface area (Å²) in [7, 11) is 0. The molecule has 0 aliphatic heterocycles. The zero-order valence-electron chi connectivity index (χ0n) is 18.1. The molecule has 3 rings (SSSR count). The smallest absolute Gasteiger partial charge is 0.247 e. The fourth-order valence-corrected chi connectivity index (χ4v) is 3.74. The van der Waals surface area contributed by atoms with E-state index in [4.69, 9.17) is 28.3 Å². The molecule has 0 bridgehead atoms. The van der Waals surface area contributed by atoms with Crippen molar-refractivity contribution in [3.63, 3.8) is 0 Å². The average molecular weight is 485 g/mol. The van der Waals surface area contributed by atoms with Gasteiger partial charge in [0.25, 0.3) is 0 Å². The van der Waals surface area contributed by atoms with Crippen LogP contribution in [-0.2, 0) is 22.6 Å². The van der Waals surface area contributed by atoms with Gasteiger partial charge in [-0.3, -0.25) is 9.59 Å². The molecule has 0 aliphatic carbocycles. The lowest BCUT2D eigenvalue weighted by Gasteiger charge is -2.32. The molecule has 3 aromatic carbocycles. The van der Waals surface area contributed by atoms with Crippen LogP contribution in [0.5, 0.6) is 0 Å². The summed E-state index contributed by atoms with van der Waals surface area (Å²) in [4.78, 5) is 28.4. The van der Waals surface area contributed by atoms with Crippen LogP contribution < -0.4 is 5.32 Å². The summed E-state index contributed by atoms with van der Waals surface area (Å²) >= 11 is 12.0. The van der Waals surface area contributed by atoms with Crippen LogP contribution in [0.3, 0.4) is 0 Å². The van der Waals surface area contributed by atoms with Gasteiger partial charge in [0.2, 0.25) is 11.8 Å². The molecule has 7 heteroatoms. The number of carbonyl (C=O) groups is 2. The number of aliphatic hydroxyl groups is 1. The molecule has 0 saturated heterocycles. The number of hydrogen-bond donors (Lipinski definition) is 2. The maximum Gasteiger partial charge on any atom is 0.247 e. The van der Waals surface area contributed by atoms with Gasteiger partial charge in [-0.1, -0.05) is 77.8 Å². The summed E-state index contributed by atoms with van der Waals surface area (Å²) in [6, 6.07) is 22.7. The van der Waals surface area contributed by atoms with Crippen molar-refractivity contribution < 1.29 is 14.7 Å². The molecule has 1 atom stereocenters. The fourth-order valence-electron chi connectivity index (χ4n) is 3.48. The number of amides is 2. The highest BCUT2D eigenvalue weighted by molar-refractivity contribution is 6.30. The van der Waals surface area contributed by atoms with Gasteiger partial charge in [-0.25, -0.2) is 0 Å². The van der Waals surface area contributed by atoms with Crippen LogP contribution in [0.15, 0.2) is 78.9 Å². The van der Waals surface area contributed by atoms with Gasteiger partial charge in [-0.15, -0.1) is 0 Å². The molecule has 0 radical (unpaired) electrons. The number of rotatable bonds is 10. The highest BCUT2D eigenvalue weighted by Gasteiger charge is 2.31. The van der Waals surface area contributed by atoms with Crippen LogP contribution >= 0.6 is 23.2 Å². The highest BCUT2D eigenvalue weighted by Crippen LogP contribution is 2.25. The lowest BCUT2D eigenvalue weighted by atomic mass is 10.0.